The van der Waals surface area contributed by atoms with Gasteiger partial charge in [0.25, 0.3) is 0 Å². The molecule has 0 aliphatic heterocycles. The Morgan fingerprint density at radius 3 is 1.87 bits per heavy atom. The van der Waals surface area contributed by atoms with E-state index in [0.29, 0.717) is 16.9 Å². The van der Waals surface area contributed by atoms with Crippen LogP contribution in [0.1, 0.15) is 5.48 Å². The van der Waals surface area contributed by atoms with Crippen molar-refractivity contribution in [2.24, 2.45) is 0 Å². The molecule has 0 unspecified atom stereocenters. The monoisotopic (exact) mass is 667 g/mol. The summed E-state index contributed by atoms with van der Waals surface area (Å²) in [4.78, 5) is 1.88. The van der Waals surface area contributed by atoms with E-state index >= 15 is 0 Å². The predicted molar refractivity (Wildman–Crippen MR) is 220 cm³/mol. The van der Waals surface area contributed by atoms with E-state index in [2.05, 4.69) is 48.5 Å². The van der Waals surface area contributed by atoms with Gasteiger partial charge in [-0.25, -0.2) is 0 Å². The van der Waals surface area contributed by atoms with Crippen LogP contribution >= 0.6 is 0 Å². The molecule has 0 N–H and O–H groups in total. The molecule has 244 valence electrons. The van der Waals surface area contributed by atoms with Crippen LogP contribution in [0, 0.1) is 0 Å². The van der Waals surface area contributed by atoms with Crippen LogP contribution in [0.2, 0.25) is 0 Å². The first-order valence-electron chi connectivity index (χ1n) is 19.4. The summed E-state index contributed by atoms with van der Waals surface area (Å²) < 4.78 is 44.9. The maximum absolute atomic E-state index is 9.67. The number of furan rings is 1. The normalized spacial score (nSPS) is 12.5. The molecule has 0 amide bonds. The minimum Gasteiger partial charge on any atom is -0.455 e. The van der Waals surface area contributed by atoms with E-state index < -0.39 is 0 Å². The van der Waals surface area contributed by atoms with Crippen molar-refractivity contribution in [3.8, 4) is 33.4 Å². The fraction of sp³-hybridized carbons (Fsp3) is 0. The number of nitrogens with zero attached hydrogens (tertiary/aromatic N) is 1. The van der Waals surface area contributed by atoms with Gasteiger partial charge >= 0.3 is 0 Å². The van der Waals surface area contributed by atoms with Crippen molar-refractivity contribution in [1.29, 1.82) is 0 Å². The highest BCUT2D eigenvalue weighted by atomic mass is 16.3. The van der Waals surface area contributed by atoms with Gasteiger partial charge in [-0.05, 0) is 86.4 Å². The van der Waals surface area contributed by atoms with Gasteiger partial charge < -0.3 is 9.32 Å². The molecule has 10 rings (SSSR count). The molecule has 0 radical (unpaired) electrons. The molecule has 0 fully saturated rings. The molecule has 0 aliphatic carbocycles. The smallest absolute Gasteiger partial charge is 0.143 e. The zero-order valence-corrected chi connectivity index (χ0v) is 28.1. The van der Waals surface area contributed by atoms with E-state index in [1.807, 2.05) is 132 Å². The van der Waals surface area contributed by atoms with Crippen LogP contribution in [0.25, 0.3) is 76.9 Å². The van der Waals surface area contributed by atoms with E-state index in [1.54, 1.807) is 0 Å². The van der Waals surface area contributed by atoms with Crippen molar-refractivity contribution in [3.05, 3.63) is 200 Å². The second-order valence-electron chi connectivity index (χ2n) is 13.0. The second-order valence-corrected chi connectivity index (χ2v) is 13.0. The molecule has 1 aromatic heterocycles. The first-order chi connectivity index (χ1) is 27.5. The van der Waals surface area contributed by atoms with Crippen molar-refractivity contribution >= 4 is 60.5 Å². The molecule has 1 heterocycles. The summed E-state index contributed by atoms with van der Waals surface area (Å²) >= 11 is 0. The van der Waals surface area contributed by atoms with Crippen molar-refractivity contribution in [2.75, 3.05) is 4.90 Å². The van der Waals surface area contributed by atoms with Crippen LogP contribution in [0.4, 0.5) is 17.1 Å². The SMILES string of the molecule is [2H]c1c([2H])c(N(c2ccc(-c3ccccc3)cc2)c2ccccc2-c2cccc3ccc4c5ccccc5oc4c23)c([2H])c([2H])c1-c1cccc2ccccc12. The van der Waals surface area contributed by atoms with E-state index in [0.717, 1.165) is 65.7 Å². The van der Waals surface area contributed by atoms with Crippen molar-refractivity contribution in [3.63, 3.8) is 0 Å². The molecule has 0 bridgehead atoms. The van der Waals surface area contributed by atoms with Crippen molar-refractivity contribution in [2.45, 2.75) is 0 Å². The molecule has 2 heteroatoms. The molecule has 0 saturated heterocycles. The lowest BCUT2D eigenvalue weighted by Gasteiger charge is -2.28. The third-order valence-corrected chi connectivity index (χ3v) is 9.95. The third-order valence-electron chi connectivity index (χ3n) is 9.95. The number of fused-ring (bicyclic) bond motifs is 6. The van der Waals surface area contributed by atoms with Crippen molar-refractivity contribution in [1.82, 2.24) is 0 Å². The van der Waals surface area contributed by atoms with Gasteiger partial charge in [0, 0.05) is 33.1 Å². The summed E-state index contributed by atoms with van der Waals surface area (Å²) in [6.07, 6.45) is 0. The van der Waals surface area contributed by atoms with Crippen LogP contribution in [0.5, 0.6) is 0 Å². The Morgan fingerprint density at radius 2 is 1.02 bits per heavy atom. The van der Waals surface area contributed by atoms with Gasteiger partial charge in [-0.1, -0.05) is 158 Å². The molecule has 52 heavy (non-hydrogen) atoms. The largest absolute Gasteiger partial charge is 0.455 e. The predicted octanol–water partition coefficient (Wildman–Crippen LogP) is 14.4. The van der Waals surface area contributed by atoms with Gasteiger partial charge in [0.05, 0.1) is 11.2 Å². The molecular formula is C50H33NO. The molecular weight excluding hydrogens is 631 g/mol. The zero-order valence-electron chi connectivity index (χ0n) is 32.1. The van der Waals surface area contributed by atoms with E-state index in [1.165, 1.54) is 0 Å². The highest BCUT2D eigenvalue weighted by Gasteiger charge is 2.21. The highest BCUT2D eigenvalue weighted by Crippen LogP contribution is 2.46. The van der Waals surface area contributed by atoms with E-state index in [9.17, 15) is 5.48 Å². The number of para-hydroxylation sites is 2. The zero-order chi connectivity index (χ0) is 37.9. The van der Waals surface area contributed by atoms with Gasteiger partial charge in [-0.15, -0.1) is 0 Å². The van der Waals surface area contributed by atoms with Gasteiger partial charge in [0.1, 0.15) is 11.2 Å². The molecule has 0 aliphatic rings. The van der Waals surface area contributed by atoms with Gasteiger partial charge in [-0.2, -0.15) is 0 Å². The van der Waals surface area contributed by atoms with Crippen LogP contribution < -0.4 is 4.90 Å². The average Bonchev–Trinajstić information content (AvgIpc) is 3.64. The summed E-state index contributed by atoms with van der Waals surface area (Å²) in [6, 6.07) is 57.9. The fourth-order valence-electron chi connectivity index (χ4n) is 7.49. The fourth-order valence-corrected chi connectivity index (χ4v) is 7.49. The minimum atomic E-state index is -0.131. The number of rotatable bonds is 6. The summed E-state index contributed by atoms with van der Waals surface area (Å²) in [6.45, 7) is 0. The van der Waals surface area contributed by atoms with Crippen LogP contribution in [-0.2, 0) is 0 Å². The minimum absolute atomic E-state index is 0.102. The number of hydrogen-bond acceptors (Lipinski definition) is 2. The maximum Gasteiger partial charge on any atom is 0.143 e. The molecule has 9 aromatic carbocycles. The molecule has 0 spiro atoms. The molecule has 0 saturated carbocycles. The second kappa shape index (κ2) is 12.5. The standard InChI is InChI=1S/C50H33NO/c1-2-12-34(13-3-1)35-24-29-39(30-25-35)51(40-31-26-37(27-32-40)42-20-10-15-36-14-4-5-17-41(36)42)47-22-8-6-18-43(47)45-21-11-16-38-28-33-46-44-19-7-9-23-48(44)52-50(46)49(38)45/h1-33H/i26D,27D,31D,32D. The summed E-state index contributed by atoms with van der Waals surface area (Å²) in [5.41, 5.74) is 7.98. The Balaban J connectivity index is 1.24. The lowest BCUT2D eigenvalue weighted by molar-refractivity contribution is 0.673. The molecule has 10 aromatic rings. The van der Waals surface area contributed by atoms with E-state index in [-0.39, 0.29) is 35.4 Å². The Bertz CT molecular complexity index is 3100. The van der Waals surface area contributed by atoms with Gasteiger partial charge in [-0.3, -0.25) is 0 Å². The molecule has 2 nitrogen and oxygen atoms in total. The summed E-state index contributed by atoms with van der Waals surface area (Å²) in [5.74, 6) is 0. The third kappa shape index (κ3) is 5.04. The Morgan fingerprint density at radius 1 is 0.385 bits per heavy atom. The lowest BCUT2D eigenvalue weighted by Crippen LogP contribution is -2.11. The van der Waals surface area contributed by atoms with Crippen LogP contribution in [-0.4, -0.2) is 0 Å². The number of hydrogen-bond donors (Lipinski definition) is 0. The maximum atomic E-state index is 9.67. The van der Waals surface area contributed by atoms with Crippen LogP contribution in [0.3, 0.4) is 0 Å². The van der Waals surface area contributed by atoms with Crippen LogP contribution in [0.15, 0.2) is 205 Å². The number of benzene rings is 9. The summed E-state index contributed by atoms with van der Waals surface area (Å²) in [7, 11) is 0. The number of anilines is 3. The topological polar surface area (TPSA) is 16.4 Å². The Hall–Kier alpha value is -6.90. The van der Waals surface area contributed by atoms with Gasteiger partial charge in [0.15, 0.2) is 0 Å². The van der Waals surface area contributed by atoms with Crippen molar-refractivity contribution < 1.29 is 9.90 Å². The molecule has 0 atom stereocenters. The first kappa shape index (κ1) is 26.0. The first-order valence-corrected chi connectivity index (χ1v) is 17.4. The highest BCUT2D eigenvalue weighted by molar-refractivity contribution is 6.19. The summed E-state index contributed by atoms with van der Waals surface area (Å²) in [5, 5.41) is 5.88. The lowest BCUT2D eigenvalue weighted by atomic mass is 9.94. The Labute approximate surface area is 308 Å². The Kier molecular flexibility index (Phi) is 6.22. The van der Waals surface area contributed by atoms with Gasteiger partial charge in [0.2, 0.25) is 0 Å². The average molecular weight is 668 g/mol. The van der Waals surface area contributed by atoms with E-state index in [4.69, 9.17) is 4.42 Å². The quantitative estimate of drug-likeness (QED) is 0.175.